The van der Waals surface area contributed by atoms with Crippen LogP contribution < -0.4 is 5.32 Å². The Balaban J connectivity index is 1.45. The van der Waals surface area contributed by atoms with Crippen molar-refractivity contribution in [1.82, 2.24) is 9.46 Å². The van der Waals surface area contributed by atoms with Crippen molar-refractivity contribution in [2.75, 3.05) is 18.4 Å². The van der Waals surface area contributed by atoms with Crippen LogP contribution in [0, 0.1) is 5.92 Å². The van der Waals surface area contributed by atoms with Crippen LogP contribution in [-0.2, 0) is 10.0 Å². The Morgan fingerprint density at radius 3 is 2.76 bits per heavy atom. The predicted octanol–water partition coefficient (Wildman–Crippen LogP) is 4.08. The summed E-state index contributed by atoms with van der Waals surface area (Å²) in [4.78, 5) is 13.5. The number of aromatic nitrogens is 1. The molecule has 0 spiro atoms. The second-order valence-electron chi connectivity index (χ2n) is 7.14. The minimum atomic E-state index is -3.52. The molecule has 1 atom stereocenters. The molecule has 29 heavy (non-hydrogen) atoms. The number of benzene rings is 1. The van der Waals surface area contributed by atoms with E-state index in [4.69, 9.17) is 4.52 Å². The number of sulfonamides is 1. The summed E-state index contributed by atoms with van der Waals surface area (Å²) in [7, 11) is -3.52. The van der Waals surface area contributed by atoms with Gasteiger partial charge in [0, 0.05) is 24.8 Å². The fourth-order valence-corrected chi connectivity index (χ4v) is 5.61. The van der Waals surface area contributed by atoms with E-state index in [1.54, 1.807) is 18.2 Å². The molecular weight excluding hydrogens is 410 g/mol. The van der Waals surface area contributed by atoms with E-state index in [2.05, 4.69) is 17.4 Å². The zero-order valence-corrected chi connectivity index (χ0v) is 17.5. The fourth-order valence-electron chi connectivity index (χ4n) is 3.34. The molecule has 1 aliphatic heterocycles. The molecular formula is C20H21N3O4S2. The van der Waals surface area contributed by atoms with Crippen molar-refractivity contribution >= 4 is 33.0 Å². The zero-order valence-electron chi connectivity index (χ0n) is 15.9. The number of rotatable bonds is 5. The van der Waals surface area contributed by atoms with Crippen LogP contribution in [0.4, 0.5) is 5.69 Å². The molecule has 1 N–H and O–H groups in total. The Kier molecular flexibility index (Phi) is 5.53. The van der Waals surface area contributed by atoms with E-state index in [0.29, 0.717) is 30.5 Å². The quantitative estimate of drug-likeness (QED) is 0.657. The van der Waals surface area contributed by atoms with E-state index in [1.807, 2.05) is 17.5 Å². The lowest BCUT2D eigenvalue weighted by Crippen LogP contribution is -2.39. The molecule has 152 valence electrons. The minimum absolute atomic E-state index is 0.160. The van der Waals surface area contributed by atoms with Gasteiger partial charge in [-0.05, 0) is 54.5 Å². The number of hydrogen-bond donors (Lipinski definition) is 1. The number of hydrogen-bond acceptors (Lipinski definition) is 6. The van der Waals surface area contributed by atoms with Gasteiger partial charge in [-0.15, -0.1) is 11.3 Å². The summed E-state index contributed by atoms with van der Waals surface area (Å²) in [6.45, 7) is 3.15. The Bertz CT molecular complexity index is 1090. The third-order valence-electron chi connectivity index (χ3n) is 4.88. The molecule has 1 amide bonds. The Morgan fingerprint density at radius 2 is 2.07 bits per heavy atom. The highest BCUT2D eigenvalue weighted by Crippen LogP contribution is 2.26. The summed E-state index contributed by atoms with van der Waals surface area (Å²) in [5.41, 5.74) is 0.647. The third-order valence-corrected chi connectivity index (χ3v) is 7.64. The highest BCUT2D eigenvalue weighted by molar-refractivity contribution is 7.89. The van der Waals surface area contributed by atoms with Crippen LogP contribution in [0.25, 0.3) is 10.6 Å². The van der Waals surface area contributed by atoms with Crippen molar-refractivity contribution in [2.45, 2.75) is 24.7 Å². The van der Waals surface area contributed by atoms with E-state index in [-0.39, 0.29) is 10.6 Å². The lowest BCUT2D eigenvalue weighted by atomic mass is 10.0. The molecule has 3 heterocycles. The predicted molar refractivity (Wildman–Crippen MR) is 111 cm³/mol. The van der Waals surface area contributed by atoms with Crippen LogP contribution in [0.15, 0.2) is 57.3 Å². The van der Waals surface area contributed by atoms with E-state index in [1.165, 1.54) is 27.8 Å². The average molecular weight is 432 g/mol. The number of anilines is 1. The van der Waals surface area contributed by atoms with Crippen molar-refractivity contribution in [3.8, 4) is 10.6 Å². The molecule has 9 heteroatoms. The van der Waals surface area contributed by atoms with Crippen molar-refractivity contribution in [3.63, 3.8) is 0 Å². The minimum Gasteiger partial charge on any atom is -0.355 e. The third kappa shape index (κ3) is 4.26. The highest BCUT2D eigenvalue weighted by atomic mass is 32.2. The van der Waals surface area contributed by atoms with Crippen LogP contribution in [0.1, 0.15) is 30.3 Å². The van der Waals surface area contributed by atoms with Gasteiger partial charge in [0.05, 0.1) is 9.77 Å². The second kappa shape index (κ2) is 8.10. The number of thiophene rings is 1. The van der Waals surface area contributed by atoms with E-state index < -0.39 is 15.9 Å². The van der Waals surface area contributed by atoms with Crippen LogP contribution in [-0.4, -0.2) is 36.9 Å². The topological polar surface area (TPSA) is 92.5 Å². The van der Waals surface area contributed by atoms with Crippen molar-refractivity contribution in [1.29, 1.82) is 0 Å². The molecule has 1 aromatic carbocycles. The zero-order chi connectivity index (χ0) is 20.4. The Hall–Kier alpha value is -2.49. The van der Waals surface area contributed by atoms with Gasteiger partial charge in [-0.25, -0.2) is 8.42 Å². The molecule has 1 unspecified atom stereocenters. The molecule has 0 radical (unpaired) electrons. The first-order chi connectivity index (χ1) is 13.9. The maximum atomic E-state index is 12.8. The maximum Gasteiger partial charge on any atom is 0.277 e. The standard InChI is InChI=1S/C20H21N3O4S2/c1-14-4-2-10-23(13-14)29(25,26)16-8-6-15(7-9-16)21-20(24)17-12-18(27-22-17)19-5-3-11-28-19/h3,5-9,11-12,14H,2,4,10,13H2,1H3,(H,21,24). The molecule has 2 aromatic heterocycles. The summed E-state index contributed by atoms with van der Waals surface area (Å²) < 4.78 is 32.4. The van der Waals surface area contributed by atoms with E-state index in [0.717, 1.165) is 17.7 Å². The van der Waals surface area contributed by atoms with Gasteiger partial charge < -0.3 is 9.84 Å². The smallest absolute Gasteiger partial charge is 0.277 e. The number of carbonyl (C=O) groups is 1. The SMILES string of the molecule is CC1CCCN(S(=O)(=O)c2ccc(NC(=O)c3cc(-c4cccs4)on3)cc2)C1. The lowest BCUT2D eigenvalue weighted by molar-refractivity contribution is 0.101. The molecule has 1 fully saturated rings. The molecule has 4 rings (SSSR count). The summed E-state index contributed by atoms with van der Waals surface area (Å²) in [5, 5.41) is 8.44. The van der Waals surface area contributed by atoms with Crippen LogP contribution >= 0.6 is 11.3 Å². The number of nitrogens with one attached hydrogen (secondary N) is 1. The van der Waals surface area contributed by atoms with Crippen molar-refractivity contribution in [3.05, 3.63) is 53.5 Å². The van der Waals surface area contributed by atoms with Gasteiger partial charge in [-0.1, -0.05) is 18.1 Å². The van der Waals surface area contributed by atoms with Gasteiger partial charge in [0.15, 0.2) is 11.5 Å². The molecule has 7 nitrogen and oxygen atoms in total. The summed E-state index contributed by atoms with van der Waals surface area (Å²) in [6.07, 6.45) is 1.92. The van der Waals surface area contributed by atoms with Crippen molar-refractivity contribution < 1.29 is 17.7 Å². The molecule has 3 aromatic rings. The molecule has 1 aliphatic rings. The van der Waals surface area contributed by atoms with E-state index >= 15 is 0 Å². The van der Waals surface area contributed by atoms with Gasteiger partial charge in [0.2, 0.25) is 10.0 Å². The van der Waals surface area contributed by atoms with Gasteiger partial charge in [-0.3, -0.25) is 4.79 Å². The van der Waals surface area contributed by atoms with Gasteiger partial charge in [0.1, 0.15) is 0 Å². The monoisotopic (exact) mass is 431 g/mol. The maximum absolute atomic E-state index is 12.8. The van der Waals surface area contributed by atoms with Gasteiger partial charge in [0.25, 0.3) is 5.91 Å². The summed E-state index contributed by atoms with van der Waals surface area (Å²) in [6, 6.07) is 11.6. The van der Waals surface area contributed by atoms with E-state index in [9.17, 15) is 13.2 Å². The van der Waals surface area contributed by atoms with Gasteiger partial charge in [-0.2, -0.15) is 4.31 Å². The lowest BCUT2D eigenvalue weighted by Gasteiger charge is -2.30. The molecule has 0 aliphatic carbocycles. The first-order valence-corrected chi connectivity index (χ1v) is 11.7. The van der Waals surface area contributed by atoms with Crippen LogP contribution in [0.5, 0.6) is 0 Å². The fraction of sp³-hybridized carbons (Fsp3) is 0.300. The number of carbonyl (C=O) groups excluding carboxylic acids is 1. The Morgan fingerprint density at radius 1 is 1.28 bits per heavy atom. The first-order valence-electron chi connectivity index (χ1n) is 9.35. The van der Waals surface area contributed by atoms with Crippen molar-refractivity contribution in [2.24, 2.45) is 5.92 Å². The number of nitrogens with zero attached hydrogens (tertiary/aromatic N) is 2. The second-order valence-corrected chi connectivity index (χ2v) is 10.0. The first kappa shape index (κ1) is 19.8. The molecule has 1 saturated heterocycles. The van der Waals surface area contributed by atoms with Gasteiger partial charge >= 0.3 is 0 Å². The molecule has 0 bridgehead atoms. The Labute approximate surface area is 173 Å². The normalized spacial score (nSPS) is 17.9. The summed E-state index contributed by atoms with van der Waals surface area (Å²) in [5.74, 6) is 0.470. The highest BCUT2D eigenvalue weighted by Gasteiger charge is 2.28. The summed E-state index contributed by atoms with van der Waals surface area (Å²) >= 11 is 1.49. The average Bonchev–Trinajstić information content (AvgIpc) is 3.40. The number of piperidine rings is 1. The molecule has 0 saturated carbocycles. The van der Waals surface area contributed by atoms with Crippen LogP contribution in [0.3, 0.4) is 0 Å². The number of amides is 1. The largest absolute Gasteiger partial charge is 0.355 e. The van der Waals surface area contributed by atoms with Crippen LogP contribution in [0.2, 0.25) is 0 Å².